The van der Waals surface area contributed by atoms with Crippen LogP contribution in [0.4, 0.5) is 4.79 Å². The Hall–Kier alpha value is -1.34. The largest absolute Gasteiger partial charge is 0.481 e. The number of amides is 2. The number of hydrogen-bond acceptors (Lipinski definition) is 4. The Kier molecular flexibility index (Phi) is 5.81. The summed E-state index contributed by atoms with van der Waals surface area (Å²) in [5.41, 5.74) is 0. The molecule has 0 aromatic rings. The smallest absolute Gasteiger partial charge is 0.317 e. The summed E-state index contributed by atoms with van der Waals surface area (Å²) in [6, 6.07) is -0.0308. The fraction of sp³-hybridized carbons (Fsp3) is 0.857. The maximum Gasteiger partial charge on any atom is 0.317 e. The first-order valence-corrected chi connectivity index (χ1v) is 7.66. The summed E-state index contributed by atoms with van der Waals surface area (Å²) >= 11 is 0. The maximum absolute atomic E-state index is 12.2. The van der Waals surface area contributed by atoms with Crippen LogP contribution in [0.15, 0.2) is 0 Å². The Morgan fingerprint density at radius 1 is 1.33 bits per heavy atom. The average Bonchev–Trinajstić information content (AvgIpc) is 2.90. The van der Waals surface area contributed by atoms with E-state index in [9.17, 15) is 9.59 Å². The van der Waals surface area contributed by atoms with E-state index in [1.54, 1.807) is 4.90 Å². The van der Waals surface area contributed by atoms with E-state index in [-0.39, 0.29) is 18.5 Å². The van der Waals surface area contributed by atoms with Gasteiger partial charge >= 0.3 is 12.0 Å². The maximum atomic E-state index is 12.2. The van der Waals surface area contributed by atoms with Gasteiger partial charge in [0.25, 0.3) is 0 Å². The molecule has 2 N–H and O–H groups in total. The van der Waals surface area contributed by atoms with Gasteiger partial charge in [-0.25, -0.2) is 4.79 Å². The Morgan fingerprint density at radius 2 is 2.05 bits per heavy atom. The highest BCUT2D eigenvalue weighted by atomic mass is 16.5. The Balaban J connectivity index is 1.74. The lowest BCUT2D eigenvalue weighted by molar-refractivity contribution is -0.141. The molecule has 0 spiro atoms. The van der Waals surface area contributed by atoms with Gasteiger partial charge in [-0.15, -0.1) is 0 Å². The summed E-state index contributed by atoms with van der Waals surface area (Å²) in [6.45, 7) is 6.34. The van der Waals surface area contributed by atoms with Crippen LogP contribution in [-0.2, 0) is 9.53 Å². The van der Waals surface area contributed by atoms with Gasteiger partial charge in [0.15, 0.2) is 0 Å². The minimum Gasteiger partial charge on any atom is -0.481 e. The minimum atomic E-state index is -0.898. The molecule has 0 saturated carbocycles. The third kappa shape index (κ3) is 5.17. The van der Waals surface area contributed by atoms with Gasteiger partial charge in [-0.1, -0.05) is 0 Å². The molecule has 2 fully saturated rings. The number of carbonyl (C=O) groups excluding carboxylic acids is 1. The second kappa shape index (κ2) is 7.61. The van der Waals surface area contributed by atoms with Crippen LogP contribution in [0.5, 0.6) is 0 Å². The van der Waals surface area contributed by atoms with Crippen molar-refractivity contribution in [1.82, 2.24) is 15.1 Å². The van der Waals surface area contributed by atoms with E-state index in [2.05, 4.69) is 10.2 Å². The van der Waals surface area contributed by atoms with Gasteiger partial charge in [-0.3, -0.25) is 4.79 Å². The van der Waals surface area contributed by atoms with Gasteiger partial charge in [0, 0.05) is 25.7 Å². The third-order valence-corrected chi connectivity index (χ3v) is 3.93. The number of ether oxygens (including phenoxy) is 1. The molecule has 0 aromatic carbocycles. The van der Waals surface area contributed by atoms with E-state index >= 15 is 0 Å². The number of aliphatic carboxylic acids is 1. The quantitative estimate of drug-likeness (QED) is 0.766. The third-order valence-electron chi connectivity index (χ3n) is 3.93. The van der Waals surface area contributed by atoms with Crippen LogP contribution in [0.25, 0.3) is 0 Å². The molecule has 0 aliphatic carbocycles. The van der Waals surface area contributed by atoms with Gasteiger partial charge < -0.3 is 25.0 Å². The first kappa shape index (κ1) is 16.0. The van der Waals surface area contributed by atoms with Crippen molar-refractivity contribution in [2.45, 2.75) is 38.3 Å². The first-order valence-electron chi connectivity index (χ1n) is 7.66. The molecule has 2 atom stereocenters. The van der Waals surface area contributed by atoms with E-state index in [0.29, 0.717) is 19.7 Å². The number of rotatable bonds is 5. The van der Waals surface area contributed by atoms with Crippen LogP contribution in [-0.4, -0.2) is 78.4 Å². The molecule has 0 radical (unpaired) electrons. The van der Waals surface area contributed by atoms with E-state index in [1.807, 2.05) is 6.92 Å². The van der Waals surface area contributed by atoms with Crippen LogP contribution in [0.1, 0.15) is 26.2 Å². The van der Waals surface area contributed by atoms with Crippen molar-refractivity contribution in [3.05, 3.63) is 0 Å². The molecular weight excluding hydrogens is 274 g/mol. The van der Waals surface area contributed by atoms with Gasteiger partial charge in [-0.2, -0.15) is 0 Å². The molecule has 7 nitrogen and oxygen atoms in total. The number of nitrogens with zero attached hydrogens (tertiary/aromatic N) is 2. The number of carboxylic acid groups (broad SMARTS) is 1. The molecule has 2 saturated heterocycles. The molecule has 21 heavy (non-hydrogen) atoms. The summed E-state index contributed by atoms with van der Waals surface area (Å²) in [7, 11) is 0. The van der Waals surface area contributed by atoms with Crippen LogP contribution >= 0.6 is 0 Å². The topological polar surface area (TPSA) is 82.1 Å². The van der Waals surface area contributed by atoms with Crippen LogP contribution < -0.4 is 5.32 Å². The number of carbonyl (C=O) groups is 2. The predicted molar refractivity (Wildman–Crippen MR) is 77.2 cm³/mol. The highest BCUT2D eigenvalue weighted by molar-refractivity contribution is 5.75. The fourth-order valence-electron chi connectivity index (χ4n) is 2.92. The molecule has 0 aromatic heterocycles. The van der Waals surface area contributed by atoms with Crippen LogP contribution in [0.2, 0.25) is 0 Å². The lowest BCUT2D eigenvalue weighted by Gasteiger charge is -2.33. The monoisotopic (exact) mass is 299 g/mol. The molecular formula is C14H25N3O4. The standard InChI is InChI=1S/C14H25N3O4/c1-11(9-16-4-2-3-5-16)15-14(20)17-6-7-21-12(10-17)8-13(18)19/h11-12H,2-10H2,1H3,(H,15,20)(H,18,19). The van der Waals surface area contributed by atoms with Crippen molar-refractivity contribution in [3.8, 4) is 0 Å². The molecule has 0 bridgehead atoms. The van der Waals surface area contributed by atoms with Gasteiger partial charge in [0.1, 0.15) is 0 Å². The lowest BCUT2D eigenvalue weighted by Crippen LogP contribution is -2.53. The average molecular weight is 299 g/mol. The number of nitrogens with one attached hydrogen (secondary N) is 1. The zero-order valence-corrected chi connectivity index (χ0v) is 12.6. The van der Waals surface area contributed by atoms with E-state index in [4.69, 9.17) is 9.84 Å². The Labute approximate surface area is 125 Å². The van der Waals surface area contributed by atoms with Gasteiger partial charge in [0.2, 0.25) is 0 Å². The summed E-state index contributed by atoms with van der Waals surface area (Å²) < 4.78 is 5.37. The highest BCUT2D eigenvalue weighted by Crippen LogP contribution is 2.10. The fourth-order valence-corrected chi connectivity index (χ4v) is 2.92. The summed E-state index contributed by atoms with van der Waals surface area (Å²) in [5.74, 6) is -0.898. The van der Waals surface area contributed by atoms with Crippen molar-refractivity contribution in [2.24, 2.45) is 0 Å². The SMILES string of the molecule is CC(CN1CCCC1)NC(=O)N1CCOC(CC(=O)O)C1. The molecule has 2 rings (SSSR count). The first-order chi connectivity index (χ1) is 10.0. The van der Waals surface area contributed by atoms with Crippen molar-refractivity contribution >= 4 is 12.0 Å². The highest BCUT2D eigenvalue weighted by Gasteiger charge is 2.27. The molecule has 120 valence electrons. The summed E-state index contributed by atoms with van der Waals surface area (Å²) in [6.07, 6.45) is 2.01. The normalized spacial score (nSPS) is 24.8. The van der Waals surface area contributed by atoms with Crippen LogP contribution in [0, 0.1) is 0 Å². The second-order valence-electron chi connectivity index (χ2n) is 5.89. The molecule has 2 aliphatic rings. The van der Waals surface area contributed by atoms with Crippen molar-refractivity contribution in [1.29, 1.82) is 0 Å². The van der Waals surface area contributed by atoms with Crippen molar-refractivity contribution in [2.75, 3.05) is 39.3 Å². The number of carboxylic acids is 1. The minimum absolute atomic E-state index is 0.0624. The Bertz CT molecular complexity index is 371. The van der Waals surface area contributed by atoms with E-state index in [1.165, 1.54) is 12.8 Å². The molecule has 2 heterocycles. The van der Waals surface area contributed by atoms with Crippen LogP contribution in [0.3, 0.4) is 0 Å². The summed E-state index contributed by atoms with van der Waals surface area (Å²) in [4.78, 5) is 26.9. The zero-order valence-electron chi connectivity index (χ0n) is 12.6. The molecule has 2 aliphatic heterocycles. The number of hydrogen-bond donors (Lipinski definition) is 2. The van der Waals surface area contributed by atoms with Crippen molar-refractivity contribution in [3.63, 3.8) is 0 Å². The van der Waals surface area contributed by atoms with Gasteiger partial charge in [-0.05, 0) is 32.9 Å². The van der Waals surface area contributed by atoms with Crippen molar-refractivity contribution < 1.29 is 19.4 Å². The Morgan fingerprint density at radius 3 is 2.71 bits per heavy atom. The number of likely N-dealkylation sites (tertiary alicyclic amines) is 1. The predicted octanol–water partition coefficient (Wildman–Crippen LogP) is 0.356. The van der Waals surface area contributed by atoms with E-state index in [0.717, 1.165) is 19.6 Å². The summed E-state index contributed by atoms with van der Waals surface area (Å²) in [5, 5.41) is 11.8. The number of urea groups is 1. The van der Waals surface area contributed by atoms with E-state index < -0.39 is 12.1 Å². The number of morpholine rings is 1. The zero-order chi connectivity index (χ0) is 15.2. The second-order valence-corrected chi connectivity index (χ2v) is 5.89. The molecule has 2 amide bonds. The van der Waals surface area contributed by atoms with Gasteiger partial charge in [0.05, 0.1) is 19.1 Å². The molecule has 7 heteroatoms. The lowest BCUT2D eigenvalue weighted by atomic mass is 10.2. The molecule has 2 unspecified atom stereocenters.